The van der Waals surface area contributed by atoms with E-state index >= 15 is 0 Å². The van der Waals surface area contributed by atoms with Gasteiger partial charge in [0.05, 0.1) is 0 Å². The Bertz CT molecular complexity index is 807. The summed E-state index contributed by atoms with van der Waals surface area (Å²) in [6, 6.07) is 20.5. The monoisotopic (exact) mass is 292 g/mol. The molecule has 0 spiro atoms. The van der Waals surface area contributed by atoms with Crippen LogP contribution in [0, 0.1) is 11.6 Å². The van der Waals surface area contributed by atoms with Gasteiger partial charge in [0.2, 0.25) is 0 Å². The molecule has 0 aliphatic rings. The maximum atomic E-state index is 5.30. The van der Waals surface area contributed by atoms with E-state index in [1.54, 1.807) is 0 Å². The van der Waals surface area contributed by atoms with Gasteiger partial charge in [-0.2, -0.15) is 0 Å². The van der Waals surface area contributed by atoms with Crippen LogP contribution in [0.3, 0.4) is 0 Å². The van der Waals surface area contributed by atoms with Crippen molar-refractivity contribution < 1.29 is 0 Å². The van der Waals surface area contributed by atoms with Gasteiger partial charge in [0.15, 0.2) is 0 Å². The molecule has 2 aromatic carbocycles. The highest BCUT2D eigenvalue weighted by Crippen LogP contribution is 2.17. The van der Waals surface area contributed by atoms with Crippen LogP contribution >= 0.6 is 12.2 Å². The minimum atomic E-state index is 0.621. The van der Waals surface area contributed by atoms with E-state index in [0.717, 1.165) is 23.5 Å². The highest BCUT2D eigenvalue weighted by molar-refractivity contribution is 7.71. The Labute approximate surface area is 129 Å². The molecule has 3 heteroatoms. The van der Waals surface area contributed by atoms with Crippen molar-refractivity contribution in [2.45, 2.75) is 13.3 Å². The first-order valence-corrected chi connectivity index (χ1v) is 7.33. The first kappa shape index (κ1) is 13.7. The van der Waals surface area contributed by atoms with E-state index in [1.165, 1.54) is 11.1 Å². The molecule has 21 heavy (non-hydrogen) atoms. The zero-order valence-corrected chi connectivity index (χ0v) is 12.7. The van der Waals surface area contributed by atoms with Crippen LogP contribution < -0.4 is 0 Å². The quantitative estimate of drug-likeness (QED) is 0.708. The maximum Gasteiger partial charge on any atom is 0.130 e. The fourth-order valence-corrected chi connectivity index (χ4v) is 2.61. The second kappa shape index (κ2) is 6.02. The second-order valence-electron chi connectivity index (χ2n) is 5.11. The van der Waals surface area contributed by atoms with E-state index < -0.39 is 0 Å². The molecule has 3 aromatic rings. The summed E-state index contributed by atoms with van der Waals surface area (Å²) < 4.78 is 0.621. The van der Waals surface area contributed by atoms with Gasteiger partial charge < -0.3 is 4.98 Å². The molecular formula is C18H16N2S. The highest BCUT2D eigenvalue weighted by Gasteiger charge is 2.03. The lowest BCUT2D eigenvalue weighted by atomic mass is 10.1. The molecule has 0 radical (unpaired) electrons. The summed E-state index contributed by atoms with van der Waals surface area (Å²) in [5, 5.41) is 0. The van der Waals surface area contributed by atoms with Gasteiger partial charge in [0, 0.05) is 12.1 Å². The van der Waals surface area contributed by atoms with Gasteiger partial charge in [0.1, 0.15) is 10.5 Å². The molecule has 0 unspecified atom stereocenters. The average Bonchev–Trinajstić information content (AvgIpc) is 2.47. The van der Waals surface area contributed by atoms with Gasteiger partial charge in [-0.15, -0.1) is 0 Å². The van der Waals surface area contributed by atoms with Gasteiger partial charge in [-0.1, -0.05) is 72.4 Å². The molecule has 104 valence electrons. The Hall–Kier alpha value is -2.26. The molecule has 3 rings (SSSR count). The van der Waals surface area contributed by atoms with E-state index in [2.05, 4.69) is 53.3 Å². The zero-order valence-electron chi connectivity index (χ0n) is 11.8. The SMILES string of the molecule is Cc1cccc(Cc2nc(=S)cc(-c3ccccc3)[nH]2)c1. The number of benzene rings is 2. The number of aromatic amines is 1. The number of aromatic nitrogens is 2. The predicted octanol–water partition coefficient (Wildman–Crippen LogP) is 4.71. The van der Waals surface area contributed by atoms with Crippen LogP contribution in [-0.2, 0) is 6.42 Å². The lowest BCUT2D eigenvalue weighted by Crippen LogP contribution is -1.99. The van der Waals surface area contributed by atoms with E-state index in [9.17, 15) is 0 Å². The van der Waals surface area contributed by atoms with Crippen molar-refractivity contribution in [1.29, 1.82) is 0 Å². The molecule has 0 amide bonds. The van der Waals surface area contributed by atoms with Crippen LogP contribution in [-0.4, -0.2) is 9.97 Å². The van der Waals surface area contributed by atoms with Crippen molar-refractivity contribution in [2.24, 2.45) is 0 Å². The second-order valence-corrected chi connectivity index (χ2v) is 5.53. The minimum absolute atomic E-state index is 0.621. The fourth-order valence-electron chi connectivity index (χ4n) is 2.38. The van der Waals surface area contributed by atoms with Crippen LogP contribution in [0.25, 0.3) is 11.3 Å². The lowest BCUT2D eigenvalue weighted by molar-refractivity contribution is 0.963. The van der Waals surface area contributed by atoms with Crippen LogP contribution in [0.4, 0.5) is 0 Å². The molecule has 0 fully saturated rings. The van der Waals surface area contributed by atoms with E-state index in [4.69, 9.17) is 12.2 Å². The highest BCUT2D eigenvalue weighted by atomic mass is 32.1. The number of H-pyrrole nitrogens is 1. The van der Waals surface area contributed by atoms with Gasteiger partial charge in [-0.25, -0.2) is 4.98 Å². The van der Waals surface area contributed by atoms with Crippen LogP contribution in [0.15, 0.2) is 60.7 Å². The summed E-state index contributed by atoms with van der Waals surface area (Å²) >= 11 is 5.30. The van der Waals surface area contributed by atoms with E-state index in [1.807, 2.05) is 24.3 Å². The number of hydrogen-bond acceptors (Lipinski definition) is 2. The molecule has 0 bridgehead atoms. The number of rotatable bonds is 3. The Morgan fingerprint density at radius 3 is 2.57 bits per heavy atom. The van der Waals surface area contributed by atoms with Crippen molar-refractivity contribution in [1.82, 2.24) is 9.97 Å². The molecule has 1 N–H and O–H groups in total. The van der Waals surface area contributed by atoms with Gasteiger partial charge in [0.25, 0.3) is 0 Å². The minimum Gasteiger partial charge on any atom is -0.343 e. The topological polar surface area (TPSA) is 28.7 Å². The van der Waals surface area contributed by atoms with E-state index in [-0.39, 0.29) is 0 Å². The standard InChI is InChI=1S/C18H16N2S/c1-13-6-5-7-14(10-13)11-17-19-16(12-18(21)20-17)15-8-3-2-4-9-15/h2-10,12H,11H2,1H3,(H,19,20,21). The van der Waals surface area contributed by atoms with Gasteiger partial charge in [-0.05, 0) is 24.1 Å². The third-order valence-electron chi connectivity index (χ3n) is 3.33. The molecular weight excluding hydrogens is 276 g/mol. The Balaban J connectivity index is 1.97. The zero-order chi connectivity index (χ0) is 14.7. The molecule has 0 saturated heterocycles. The third-order valence-corrected chi connectivity index (χ3v) is 3.54. The summed E-state index contributed by atoms with van der Waals surface area (Å²) in [7, 11) is 0. The smallest absolute Gasteiger partial charge is 0.130 e. The number of nitrogens with zero attached hydrogens (tertiary/aromatic N) is 1. The predicted molar refractivity (Wildman–Crippen MR) is 88.8 cm³/mol. The summed E-state index contributed by atoms with van der Waals surface area (Å²) in [6.07, 6.45) is 0.756. The van der Waals surface area contributed by atoms with Crippen molar-refractivity contribution in [3.63, 3.8) is 0 Å². The van der Waals surface area contributed by atoms with Crippen LogP contribution in [0.2, 0.25) is 0 Å². The third kappa shape index (κ3) is 3.44. The molecule has 2 nitrogen and oxygen atoms in total. The molecule has 1 aromatic heterocycles. The molecule has 0 aliphatic carbocycles. The number of nitrogens with one attached hydrogen (secondary N) is 1. The largest absolute Gasteiger partial charge is 0.343 e. The number of aryl methyl sites for hydroxylation is 1. The Kier molecular flexibility index (Phi) is 3.93. The normalized spacial score (nSPS) is 10.5. The van der Waals surface area contributed by atoms with Gasteiger partial charge >= 0.3 is 0 Å². The van der Waals surface area contributed by atoms with Crippen molar-refractivity contribution in [3.8, 4) is 11.3 Å². The Morgan fingerprint density at radius 2 is 1.81 bits per heavy atom. The van der Waals surface area contributed by atoms with Crippen LogP contribution in [0.1, 0.15) is 17.0 Å². The molecule has 0 saturated carbocycles. The lowest BCUT2D eigenvalue weighted by Gasteiger charge is -2.07. The first-order valence-electron chi connectivity index (χ1n) is 6.92. The maximum absolute atomic E-state index is 5.30. The number of hydrogen-bond donors (Lipinski definition) is 1. The van der Waals surface area contributed by atoms with Gasteiger partial charge in [-0.3, -0.25) is 0 Å². The fraction of sp³-hybridized carbons (Fsp3) is 0.111. The summed E-state index contributed by atoms with van der Waals surface area (Å²) in [5.41, 5.74) is 4.62. The van der Waals surface area contributed by atoms with E-state index in [0.29, 0.717) is 4.64 Å². The average molecular weight is 292 g/mol. The van der Waals surface area contributed by atoms with Crippen molar-refractivity contribution in [2.75, 3.05) is 0 Å². The summed E-state index contributed by atoms with van der Waals surface area (Å²) in [6.45, 7) is 2.10. The van der Waals surface area contributed by atoms with Crippen molar-refractivity contribution in [3.05, 3.63) is 82.3 Å². The molecule has 0 atom stereocenters. The molecule has 0 aliphatic heterocycles. The Morgan fingerprint density at radius 1 is 1.00 bits per heavy atom. The summed E-state index contributed by atoms with van der Waals surface area (Å²) in [4.78, 5) is 7.84. The van der Waals surface area contributed by atoms with Crippen LogP contribution in [0.5, 0.6) is 0 Å². The van der Waals surface area contributed by atoms with Crippen molar-refractivity contribution >= 4 is 12.2 Å². The molecule has 1 heterocycles. The summed E-state index contributed by atoms with van der Waals surface area (Å²) in [5.74, 6) is 0.895. The first-order chi connectivity index (χ1) is 10.2.